The van der Waals surface area contributed by atoms with E-state index in [0.717, 1.165) is 5.56 Å². The first-order valence-corrected chi connectivity index (χ1v) is 8.81. The van der Waals surface area contributed by atoms with E-state index in [0.29, 0.717) is 40.4 Å². The van der Waals surface area contributed by atoms with Crippen LogP contribution in [0.1, 0.15) is 5.56 Å². The molecule has 0 saturated heterocycles. The Labute approximate surface area is 155 Å². The number of aromatic nitrogens is 3. The van der Waals surface area contributed by atoms with Crippen LogP contribution in [0.25, 0.3) is 11.4 Å². The molecule has 3 aromatic rings. The molecule has 3 rings (SSSR count). The van der Waals surface area contributed by atoms with Crippen LogP contribution in [0.2, 0.25) is 0 Å². The van der Waals surface area contributed by atoms with E-state index in [1.807, 2.05) is 24.3 Å². The summed E-state index contributed by atoms with van der Waals surface area (Å²) in [6, 6.07) is 16.6. The molecule has 2 aromatic carbocycles. The van der Waals surface area contributed by atoms with E-state index in [1.54, 1.807) is 31.4 Å². The van der Waals surface area contributed by atoms with Crippen LogP contribution in [0, 0.1) is 11.3 Å². The van der Waals surface area contributed by atoms with Crippen molar-refractivity contribution in [1.82, 2.24) is 14.9 Å². The van der Waals surface area contributed by atoms with E-state index < -0.39 is 0 Å². The van der Waals surface area contributed by atoms with Gasteiger partial charge in [0.1, 0.15) is 11.5 Å². The molecule has 7 nitrogen and oxygen atoms in total. The van der Waals surface area contributed by atoms with Crippen LogP contribution in [0.4, 0.5) is 0 Å². The predicted molar refractivity (Wildman–Crippen MR) is 99.5 cm³/mol. The molecule has 0 aliphatic carbocycles. The van der Waals surface area contributed by atoms with Gasteiger partial charge in [-0.3, -0.25) is 0 Å². The van der Waals surface area contributed by atoms with Crippen molar-refractivity contribution in [3.63, 3.8) is 0 Å². The lowest BCUT2D eigenvalue weighted by molar-refractivity contribution is 0.344. The Kier molecular flexibility index (Phi) is 5.61. The van der Waals surface area contributed by atoms with Crippen LogP contribution >= 0.6 is 11.8 Å². The van der Waals surface area contributed by atoms with E-state index in [1.165, 1.54) is 16.4 Å². The second-order valence-corrected chi connectivity index (χ2v) is 6.27. The second-order valence-electron chi connectivity index (χ2n) is 5.21. The zero-order valence-electron chi connectivity index (χ0n) is 14.1. The molecule has 1 heterocycles. The number of methoxy groups -OCH3 is 1. The maximum atomic E-state index is 8.78. The van der Waals surface area contributed by atoms with Gasteiger partial charge in [0.25, 0.3) is 0 Å². The lowest BCUT2D eigenvalue weighted by Crippen LogP contribution is -2.12. The number of nitrogens with zero attached hydrogens (tertiary/aromatic N) is 4. The largest absolute Gasteiger partial charge is 0.496 e. The molecule has 2 N–H and O–H groups in total. The summed E-state index contributed by atoms with van der Waals surface area (Å²) in [6.45, 7) is 0.480. The fraction of sp³-hybridized carbons (Fsp3) is 0.167. The zero-order valence-corrected chi connectivity index (χ0v) is 14.9. The van der Waals surface area contributed by atoms with Gasteiger partial charge in [0.05, 0.1) is 30.9 Å². The van der Waals surface area contributed by atoms with Crippen molar-refractivity contribution >= 4 is 11.8 Å². The number of nitriles is 1. The highest BCUT2D eigenvalue weighted by Crippen LogP contribution is 2.29. The van der Waals surface area contributed by atoms with Gasteiger partial charge in [0, 0.05) is 5.75 Å². The highest BCUT2D eigenvalue weighted by molar-refractivity contribution is 7.99. The minimum absolute atomic E-state index is 0.480. The Hall–Kier alpha value is -3.18. The van der Waals surface area contributed by atoms with Crippen LogP contribution in [-0.4, -0.2) is 34.3 Å². The van der Waals surface area contributed by atoms with Crippen LogP contribution in [-0.2, 0) is 0 Å². The minimum Gasteiger partial charge on any atom is -0.496 e. The minimum atomic E-state index is 0.480. The summed E-state index contributed by atoms with van der Waals surface area (Å²) in [7, 11) is 1.60. The monoisotopic (exact) mass is 367 g/mol. The molecule has 132 valence electrons. The average Bonchev–Trinajstić information content (AvgIpc) is 3.06. The Morgan fingerprint density at radius 3 is 2.65 bits per heavy atom. The number of para-hydroxylation sites is 1. The summed E-state index contributed by atoms with van der Waals surface area (Å²) in [5, 5.41) is 17.7. The number of rotatable bonds is 7. The van der Waals surface area contributed by atoms with Gasteiger partial charge in [-0.25, -0.2) is 4.68 Å². The topological polar surface area (TPSA) is 99.0 Å². The Morgan fingerprint density at radius 2 is 1.92 bits per heavy atom. The standard InChI is InChI=1S/C18H17N5O2S/c1-24-16-5-3-2-4-15(16)17-21-22-18(23(17)20)26-11-10-25-14-8-6-13(12-19)7-9-14/h2-9H,10-11,20H2,1H3. The highest BCUT2D eigenvalue weighted by Gasteiger charge is 2.15. The first-order valence-electron chi connectivity index (χ1n) is 7.82. The van der Waals surface area contributed by atoms with E-state index in [4.69, 9.17) is 20.6 Å². The molecule has 0 atom stereocenters. The lowest BCUT2D eigenvalue weighted by atomic mass is 10.2. The average molecular weight is 367 g/mol. The van der Waals surface area contributed by atoms with Crippen LogP contribution < -0.4 is 15.3 Å². The molecule has 1 aromatic heterocycles. The fourth-order valence-corrected chi connectivity index (χ4v) is 2.98. The molecule has 0 aliphatic heterocycles. The van der Waals surface area contributed by atoms with Gasteiger partial charge < -0.3 is 15.3 Å². The number of hydrogen-bond donors (Lipinski definition) is 1. The molecule has 8 heteroatoms. The third kappa shape index (κ3) is 3.90. The quantitative estimate of drug-likeness (QED) is 0.389. The summed E-state index contributed by atoms with van der Waals surface area (Å²) < 4.78 is 12.4. The van der Waals surface area contributed by atoms with Crippen LogP contribution in [0.3, 0.4) is 0 Å². The zero-order chi connectivity index (χ0) is 18.4. The molecule has 0 aliphatic rings. The molecule has 0 bridgehead atoms. The number of nitrogen functional groups attached to an aromatic ring is 1. The van der Waals surface area contributed by atoms with Gasteiger partial charge in [-0.2, -0.15) is 5.26 Å². The number of thioether (sulfide) groups is 1. The number of hydrogen-bond acceptors (Lipinski definition) is 7. The first-order chi connectivity index (χ1) is 12.7. The maximum Gasteiger partial charge on any atom is 0.210 e. The fourth-order valence-electron chi connectivity index (χ4n) is 2.31. The van der Waals surface area contributed by atoms with Crippen LogP contribution in [0.15, 0.2) is 53.7 Å². The summed E-state index contributed by atoms with van der Waals surface area (Å²) in [5.41, 5.74) is 1.39. The van der Waals surface area contributed by atoms with Gasteiger partial charge >= 0.3 is 0 Å². The molecule has 0 saturated carbocycles. The molecule has 0 fully saturated rings. The van der Waals surface area contributed by atoms with Gasteiger partial charge in [-0.05, 0) is 36.4 Å². The van der Waals surface area contributed by atoms with Gasteiger partial charge in [-0.15, -0.1) is 10.2 Å². The summed E-state index contributed by atoms with van der Waals surface area (Å²) in [6.07, 6.45) is 0. The molecule has 0 radical (unpaired) electrons. The van der Waals surface area contributed by atoms with Gasteiger partial charge in [-0.1, -0.05) is 23.9 Å². The Bertz CT molecular complexity index is 918. The van der Waals surface area contributed by atoms with Gasteiger partial charge in [0.15, 0.2) is 5.82 Å². The lowest BCUT2D eigenvalue weighted by Gasteiger charge is -2.08. The first kappa shape index (κ1) is 17.6. The van der Waals surface area contributed by atoms with E-state index in [9.17, 15) is 0 Å². The number of nitrogens with two attached hydrogens (primary N) is 1. The number of ether oxygens (including phenoxy) is 2. The number of benzene rings is 2. The van der Waals surface area contributed by atoms with Crippen LogP contribution in [0.5, 0.6) is 11.5 Å². The molecule has 0 spiro atoms. The van der Waals surface area contributed by atoms with Crippen molar-refractivity contribution in [1.29, 1.82) is 5.26 Å². The van der Waals surface area contributed by atoms with Crippen molar-refractivity contribution in [3.8, 4) is 29.0 Å². The summed E-state index contributed by atoms with van der Waals surface area (Å²) in [5.74, 6) is 8.73. The highest BCUT2D eigenvalue weighted by atomic mass is 32.2. The van der Waals surface area contributed by atoms with Crippen molar-refractivity contribution in [2.24, 2.45) is 0 Å². The van der Waals surface area contributed by atoms with Crippen molar-refractivity contribution in [2.45, 2.75) is 5.16 Å². The van der Waals surface area contributed by atoms with E-state index >= 15 is 0 Å². The van der Waals surface area contributed by atoms with Crippen molar-refractivity contribution < 1.29 is 9.47 Å². The molecule has 26 heavy (non-hydrogen) atoms. The third-order valence-corrected chi connectivity index (χ3v) is 4.49. The smallest absolute Gasteiger partial charge is 0.210 e. The Balaban J connectivity index is 1.59. The molecule has 0 amide bonds. The predicted octanol–water partition coefficient (Wildman–Crippen LogP) is 2.71. The van der Waals surface area contributed by atoms with Crippen molar-refractivity contribution in [3.05, 3.63) is 54.1 Å². The second kappa shape index (κ2) is 8.27. The normalized spacial score (nSPS) is 10.3. The van der Waals surface area contributed by atoms with Gasteiger partial charge in [0.2, 0.25) is 5.16 Å². The molecular weight excluding hydrogens is 350 g/mol. The third-order valence-electron chi connectivity index (χ3n) is 3.58. The van der Waals surface area contributed by atoms with Crippen molar-refractivity contribution in [2.75, 3.05) is 25.3 Å². The summed E-state index contributed by atoms with van der Waals surface area (Å²) in [4.78, 5) is 0. The van der Waals surface area contributed by atoms with E-state index in [2.05, 4.69) is 16.3 Å². The maximum absolute atomic E-state index is 8.78. The molecular formula is C18H17N5O2S. The van der Waals surface area contributed by atoms with E-state index in [-0.39, 0.29) is 0 Å². The summed E-state index contributed by atoms with van der Waals surface area (Å²) >= 11 is 1.45. The molecule has 0 unspecified atom stereocenters. The SMILES string of the molecule is COc1ccccc1-c1nnc(SCCOc2ccc(C#N)cc2)n1N. The Morgan fingerprint density at radius 1 is 1.15 bits per heavy atom.